The van der Waals surface area contributed by atoms with Crippen molar-refractivity contribution in [1.82, 2.24) is 0 Å². The van der Waals surface area contributed by atoms with Gasteiger partial charge in [0, 0.05) is 5.41 Å². The van der Waals surface area contributed by atoms with Crippen LogP contribution in [0.2, 0.25) is 0 Å². The van der Waals surface area contributed by atoms with Crippen LogP contribution in [0.15, 0.2) is 101 Å². The maximum absolute atomic E-state index is 12.8. The maximum Gasteiger partial charge on any atom is 0.206 e. The average molecular weight is 461 g/mol. The molecule has 1 aliphatic rings. The van der Waals surface area contributed by atoms with Crippen LogP contribution in [0.1, 0.15) is 37.8 Å². The van der Waals surface area contributed by atoms with E-state index in [0.29, 0.717) is 16.4 Å². The summed E-state index contributed by atoms with van der Waals surface area (Å²) in [4.78, 5) is 0.627. The molecule has 0 aliphatic heterocycles. The smallest absolute Gasteiger partial charge is 0.206 e. The van der Waals surface area contributed by atoms with E-state index in [4.69, 9.17) is 9.47 Å². The number of sulfone groups is 1. The van der Waals surface area contributed by atoms with Crippen LogP contribution in [0.3, 0.4) is 0 Å². The highest BCUT2D eigenvalue weighted by atomic mass is 32.2. The second-order valence-corrected chi connectivity index (χ2v) is 10.5. The first kappa shape index (κ1) is 22.9. The molecule has 0 bridgehead atoms. The molecule has 0 unspecified atom stereocenters. The van der Waals surface area contributed by atoms with Gasteiger partial charge in [-0.15, -0.1) is 0 Å². The minimum absolute atomic E-state index is 0.178. The lowest BCUT2D eigenvalue weighted by atomic mass is 9.78. The molecule has 0 atom stereocenters. The Bertz CT molecular complexity index is 1270. The average Bonchev–Trinajstić information content (AvgIpc) is 2.85. The normalized spacial score (nSPS) is 14.0. The van der Waals surface area contributed by atoms with Crippen molar-refractivity contribution >= 4 is 9.84 Å². The minimum Gasteiger partial charge on any atom is -0.497 e. The van der Waals surface area contributed by atoms with Crippen molar-refractivity contribution in [1.29, 1.82) is 0 Å². The molecule has 0 N–H and O–H groups in total. The number of benzene rings is 3. The topological polar surface area (TPSA) is 52.6 Å². The summed E-state index contributed by atoms with van der Waals surface area (Å²) in [5, 5.41) is 0. The third-order valence-corrected chi connectivity index (χ3v) is 7.84. The predicted molar refractivity (Wildman–Crippen MR) is 132 cm³/mol. The van der Waals surface area contributed by atoms with Crippen molar-refractivity contribution in [3.05, 3.63) is 107 Å². The van der Waals surface area contributed by atoms with Crippen LogP contribution < -0.4 is 9.47 Å². The first-order chi connectivity index (χ1) is 15.8. The van der Waals surface area contributed by atoms with Crippen LogP contribution in [0, 0.1) is 0 Å². The van der Waals surface area contributed by atoms with Gasteiger partial charge in [-0.1, -0.05) is 50.3 Å². The Morgan fingerprint density at radius 1 is 0.727 bits per heavy atom. The molecule has 0 amide bonds. The third kappa shape index (κ3) is 4.88. The van der Waals surface area contributed by atoms with Gasteiger partial charge in [0.2, 0.25) is 9.84 Å². The first-order valence-electron chi connectivity index (χ1n) is 11.0. The summed E-state index contributed by atoms with van der Waals surface area (Å²) in [7, 11) is -1.83. The fourth-order valence-corrected chi connectivity index (χ4v) is 5.24. The fourth-order valence-electron chi connectivity index (χ4n) is 3.86. The van der Waals surface area contributed by atoms with Gasteiger partial charge in [0.15, 0.2) is 0 Å². The molecule has 0 heterocycles. The molecule has 3 aromatic carbocycles. The highest BCUT2D eigenvalue weighted by Gasteiger charge is 2.23. The first-order valence-corrected chi connectivity index (χ1v) is 12.4. The third-order valence-electron chi connectivity index (χ3n) is 6.03. The van der Waals surface area contributed by atoms with Crippen LogP contribution in [0.5, 0.6) is 17.2 Å². The van der Waals surface area contributed by atoms with Gasteiger partial charge in [0.1, 0.15) is 17.2 Å². The van der Waals surface area contributed by atoms with Crippen molar-refractivity contribution in [3.63, 3.8) is 0 Å². The van der Waals surface area contributed by atoms with E-state index in [9.17, 15) is 8.42 Å². The van der Waals surface area contributed by atoms with Crippen LogP contribution in [-0.2, 0) is 15.3 Å². The standard InChI is InChI=1S/C28H28O4S/c1-28(2,21-9-13-23(31-3)14-10-21)22-11-15-24(16-12-22)32-25-17-19-27(20-18-25)33(29,30)26-7-5-4-6-8-26/h5,7-20H,4,6H2,1-3H3. The van der Waals surface area contributed by atoms with Crippen molar-refractivity contribution < 1.29 is 17.9 Å². The molecule has 3 aromatic rings. The molecule has 1 aliphatic carbocycles. The lowest BCUT2D eigenvalue weighted by molar-refractivity contribution is 0.414. The Balaban J connectivity index is 1.47. The quantitative estimate of drug-likeness (QED) is 0.388. The Kier molecular flexibility index (Phi) is 6.43. The number of ether oxygens (including phenoxy) is 2. The van der Waals surface area contributed by atoms with E-state index >= 15 is 0 Å². The Hall–Kier alpha value is -3.31. The van der Waals surface area contributed by atoms with Gasteiger partial charge in [0.05, 0.1) is 16.9 Å². The van der Waals surface area contributed by atoms with Crippen LogP contribution >= 0.6 is 0 Å². The zero-order chi connectivity index (χ0) is 23.5. The van der Waals surface area contributed by atoms with E-state index < -0.39 is 9.84 Å². The van der Waals surface area contributed by atoms with Crippen LogP contribution in [-0.4, -0.2) is 15.5 Å². The molecule has 0 saturated heterocycles. The monoisotopic (exact) mass is 460 g/mol. The number of hydrogen-bond acceptors (Lipinski definition) is 4. The highest BCUT2D eigenvalue weighted by molar-refractivity contribution is 7.95. The van der Waals surface area contributed by atoms with Gasteiger partial charge in [-0.3, -0.25) is 0 Å². The van der Waals surface area contributed by atoms with E-state index in [1.807, 2.05) is 30.3 Å². The van der Waals surface area contributed by atoms with Crippen molar-refractivity contribution in [2.24, 2.45) is 0 Å². The van der Waals surface area contributed by atoms with Gasteiger partial charge in [-0.05, 0) is 78.6 Å². The molecular weight excluding hydrogens is 432 g/mol. The predicted octanol–water partition coefficient (Wildman–Crippen LogP) is 6.82. The SMILES string of the molecule is COc1ccc(C(C)(C)c2ccc(Oc3ccc(S(=O)(=O)C4=CCCC=C4)cc3)cc2)cc1. The minimum atomic E-state index is -3.49. The molecule has 0 fully saturated rings. The summed E-state index contributed by atoms with van der Waals surface area (Å²) in [6.07, 6.45) is 6.97. The summed E-state index contributed by atoms with van der Waals surface area (Å²) in [5.74, 6) is 2.12. The van der Waals surface area contributed by atoms with Gasteiger partial charge in [-0.25, -0.2) is 8.42 Å². The second-order valence-electron chi connectivity index (χ2n) is 8.54. The molecule has 5 heteroatoms. The molecule has 33 heavy (non-hydrogen) atoms. The molecule has 0 saturated carbocycles. The molecule has 4 rings (SSSR count). The Labute approximate surface area is 196 Å². The summed E-state index contributed by atoms with van der Waals surface area (Å²) >= 11 is 0. The van der Waals surface area contributed by atoms with Crippen LogP contribution in [0.4, 0.5) is 0 Å². The van der Waals surface area contributed by atoms with Crippen molar-refractivity contribution in [2.45, 2.75) is 37.0 Å². The van der Waals surface area contributed by atoms with Gasteiger partial charge in [0.25, 0.3) is 0 Å². The summed E-state index contributed by atoms with van der Waals surface area (Å²) in [5.41, 5.74) is 2.18. The van der Waals surface area contributed by atoms with Gasteiger partial charge in [-0.2, -0.15) is 0 Å². The van der Waals surface area contributed by atoms with E-state index in [2.05, 4.69) is 38.1 Å². The molecule has 170 valence electrons. The largest absolute Gasteiger partial charge is 0.497 e. The van der Waals surface area contributed by atoms with Gasteiger partial charge < -0.3 is 9.47 Å². The number of allylic oxidation sites excluding steroid dienone is 3. The van der Waals surface area contributed by atoms with E-state index in [1.54, 1.807) is 43.5 Å². The Morgan fingerprint density at radius 2 is 1.24 bits per heavy atom. The van der Waals surface area contributed by atoms with Gasteiger partial charge >= 0.3 is 0 Å². The van der Waals surface area contributed by atoms with E-state index in [0.717, 1.165) is 24.2 Å². The maximum atomic E-state index is 12.8. The van der Waals surface area contributed by atoms with Crippen molar-refractivity contribution in [3.8, 4) is 17.2 Å². The fraction of sp³-hybridized carbons (Fsp3) is 0.214. The molecule has 4 nitrogen and oxygen atoms in total. The number of hydrogen-bond donors (Lipinski definition) is 0. The zero-order valence-electron chi connectivity index (χ0n) is 19.1. The summed E-state index contributed by atoms with van der Waals surface area (Å²) < 4.78 is 36.8. The van der Waals surface area contributed by atoms with Crippen molar-refractivity contribution in [2.75, 3.05) is 7.11 Å². The van der Waals surface area contributed by atoms with E-state index in [1.165, 1.54) is 5.56 Å². The highest BCUT2D eigenvalue weighted by Crippen LogP contribution is 2.34. The van der Waals surface area contributed by atoms with Crippen LogP contribution in [0.25, 0.3) is 0 Å². The zero-order valence-corrected chi connectivity index (χ0v) is 19.9. The number of methoxy groups -OCH3 is 1. The Morgan fingerprint density at radius 3 is 1.73 bits per heavy atom. The summed E-state index contributed by atoms with van der Waals surface area (Å²) in [6, 6.07) is 22.6. The van der Waals surface area contributed by atoms with E-state index in [-0.39, 0.29) is 10.3 Å². The molecule has 0 radical (unpaired) electrons. The lowest BCUT2D eigenvalue weighted by Crippen LogP contribution is -2.18. The second kappa shape index (κ2) is 9.28. The molecular formula is C28H28O4S. The lowest BCUT2D eigenvalue weighted by Gasteiger charge is -2.26. The molecule has 0 aromatic heterocycles. The summed E-state index contributed by atoms with van der Waals surface area (Å²) in [6.45, 7) is 4.36. The number of rotatable bonds is 7. The molecule has 0 spiro atoms.